The highest BCUT2D eigenvalue weighted by Gasteiger charge is 2.39. The molecule has 3 rings (SSSR count). The minimum atomic E-state index is -4.79. The van der Waals surface area contributed by atoms with Crippen molar-refractivity contribution in [2.75, 3.05) is 12.4 Å². The van der Waals surface area contributed by atoms with E-state index >= 15 is 0 Å². The third-order valence-corrected chi connectivity index (χ3v) is 4.41. The van der Waals surface area contributed by atoms with Crippen LogP contribution in [0.3, 0.4) is 0 Å². The molecule has 0 aliphatic rings. The standard InChI is InChI=1S/C21H18F4N4O2/c1-12(28-31-3)13-4-6-14(7-5-13)16-10-15(22)8-9-18(16)26-20(30)17-11-29(2)27-19(17)21(23,24)25/h4-11H,1-3H3,(H,26,30). The van der Waals surface area contributed by atoms with Crippen LogP contribution in [0.25, 0.3) is 11.1 Å². The SMILES string of the molecule is CON=C(C)c1ccc(-c2cc(F)ccc2NC(=O)c2cn(C)nc2C(F)(F)F)cc1. The summed E-state index contributed by atoms with van der Waals surface area (Å²) < 4.78 is 54.4. The van der Waals surface area contributed by atoms with Gasteiger partial charge in [-0.2, -0.15) is 18.3 Å². The van der Waals surface area contributed by atoms with Crippen LogP contribution in [0.5, 0.6) is 0 Å². The molecular formula is C21H18F4N4O2. The maximum Gasteiger partial charge on any atom is 0.435 e. The molecule has 0 saturated heterocycles. The molecule has 1 amide bonds. The fourth-order valence-corrected chi connectivity index (χ4v) is 3.00. The van der Waals surface area contributed by atoms with Gasteiger partial charge in [0.2, 0.25) is 0 Å². The zero-order chi connectivity index (χ0) is 22.8. The van der Waals surface area contributed by atoms with Crippen LogP contribution in [0.2, 0.25) is 0 Å². The third kappa shape index (κ3) is 4.90. The molecule has 6 nitrogen and oxygen atoms in total. The lowest BCUT2D eigenvalue weighted by Crippen LogP contribution is -2.18. The van der Waals surface area contributed by atoms with Crippen LogP contribution in [0.4, 0.5) is 23.2 Å². The summed E-state index contributed by atoms with van der Waals surface area (Å²) in [5, 5.41) is 9.60. The van der Waals surface area contributed by atoms with Crippen molar-refractivity contribution in [3.8, 4) is 11.1 Å². The number of halogens is 4. The summed E-state index contributed by atoms with van der Waals surface area (Å²) in [6, 6.07) is 10.4. The lowest BCUT2D eigenvalue weighted by molar-refractivity contribution is -0.141. The predicted molar refractivity (Wildman–Crippen MR) is 107 cm³/mol. The molecule has 1 heterocycles. The van der Waals surface area contributed by atoms with Crippen LogP contribution in [-0.2, 0) is 18.1 Å². The van der Waals surface area contributed by atoms with Gasteiger partial charge in [-0.25, -0.2) is 4.39 Å². The van der Waals surface area contributed by atoms with Gasteiger partial charge < -0.3 is 10.2 Å². The number of aryl methyl sites for hydroxylation is 1. The highest BCUT2D eigenvalue weighted by Crippen LogP contribution is 2.33. The second-order valence-electron chi connectivity index (χ2n) is 6.64. The number of anilines is 1. The van der Waals surface area contributed by atoms with E-state index in [-0.39, 0.29) is 5.69 Å². The summed E-state index contributed by atoms with van der Waals surface area (Å²) in [4.78, 5) is 17.3. The third-order valence-electron chi connectivity index (χ3n) is 4.41. The van der Waals surface area contributed by atoms with Crippen LogP contribution in [0.15, 0.2) is 53.8 Å². The Morgan fingerprint density at radius 3 is 2.45 bits per heavy atom. The van der Waals surface area contributed by atoms with E-state index in [1.807, 2.05) is 0 Å². The maximum atomic E-state index is 13.9. The topological polar surface area (TPSA) is 68.5 Å². The zero-order valence-electron chi connectivity index (χ0n) is 16.8. The van der Waals surface area contributed by atoms with Crippen molar-refractivity contribution in [3.05, 3.63) is 71.3 Å². The second kappa shape index (κ2) is 8.58. The van der Waals surface area contributed by atoms with Crippen LogP contribution < -0.4 is 5.32 Å². The molecule has 162 valence electrons. The van der Waals surface area contributed by atoms with Gasteiger partial charge >= 0.3 is 6.18 Å². The van der Waals surface area contributed by atoms with Crippen LogP contribution in [0.1, 0.15) is 28.5 Å². The average Bonchev–Trinajstić information content (AvgIpc) is 3.12. The Balaban J connectivity index is 1.96. The van der Waals surface area contributed by atoms with E-state index in [9.17, 15) is 22.4 Å². The zero-order valence-corrected chi connectivity index (χ0v) is 16.8. The second-order valence-corrected chi connectivity index (χ2v) is 6.64. The van der Waals surface area contributed by atoms with Crippen molar-refractivity contribution in [1.82, 2.24) is 9.78 Å². The lowest BCUT2D eigenvalue weighted by atomic mass is 10.0. The van der Waals surface area contributed by atoms with E-state index < -0.39 is 29.2 Å². The molecule has 0 unspecified atom stereocenters. The smallest absolute Gasteiger partial charge is 0.399 e. The van der Waals surface area contributed by atoms with E-state index in [1.165, 1.54) is 26.3 Å². The van der Waals surface area contributed by atoms with Crippen LogP contribution in [0, 0.1) is 5.82 Å². The number of carbonyl (C=O) groups is 1. The van der Waals surface area contributed by atoms with Crippen molar-refractivity contribution in [1.29, 1.82) is 0 Å². The first-order chi connectivity index (χ1) is 14.6. The minimum absolute atomic E-state index is 0.151. The predicted octanol–water partition coefficient (Wildman–Crippen LogP) is 4.87. The van der Waals surface area contributed by atoms with E-state index in [1.54, 1.807) is 31.2 Å². The van der Waals surface area contributed by atoms with Gasteiger partial charge in [0, 0.05) is 24.5 Å². The number of nitrogens with one attached hydrogen (secondary N) is 1. The van der Waals surface area contributed by atoms with Gasteiger partial charge in [-0.15, -0.1) is 0 Å². The number of rotatable bonds is 5. The highest BCUT2D eigenvalue weighted by atomic mass is 19.4. The molecule has 1 aromatic heterocycles. The van der Waals surface area contributed by atoms with Crippen molar-refractivity contribution in [2.24, 2.45) is 12.2 Å². The van der Waals surface area contributed by atoms with Gasteiger partial charge in [0.15, 0.2) is 5.69 Å². The van der Waals surface area contributed by atoms with Gasteiger partial charge in [-0.05, 0) is 36.2 Å². The first-order valence-corrected chi connectivity index (χ1v) is 9.00. The number of hydrogen-bond acceptors (Lipinski definition) is 4. The Bertz CT molecular complexity index is 1140. The molecule has 10 heteroatoms. The van der Waals surface area contributed by atoms with Crippen molar-refractivity contribution >= 4 is 17.3 Å². The number of hydrogen-bond donors (Lipinski definition) is 1. The molecule has 0 radical (unpaired) electrons. The van der Waals surface area contributed by atoms with Gasteiger partial charge in [0.05, 0.1) is 11.3 Å². The Hall–Kier alpha value is -3.69. The maximum absolute atomic E-state index is 13.9. The minimum Gasteiger partial charge on any atom is -0.399 e. The van der Waals surface area contributed by atoms with E-state index in [4.69, 9.17) is 4.84 Å². The Labute approximate surface area is 175 Å². The molecular weight excluding hydrogens is 416 g/mol. The van der Waals surface area contributed by atoms with E-state index in [0.717, 1.165) is 22.5 Å². The first-order valence-electron chi connectivity index (χ1n) is 9.00. The molecule has 2 aromatic carbocycles. The summed E-state index contributed by atoms with van der Waals surface area (Å²) in [7, 11) is 2.71. The number of amides is 1. The Morgan fingerprint density at radius 1 is 1.16 bits per heavy atom. The quantitative estimate of drug-likeness (QED) is 0.354. The van der Waals surface area contributed by atoms with E-state index in [2.05, 4.69) is 15.6 Å². The largest absolute Gasteiger partial charge is 0.435 e. The van der Waals surface area contributed by atoms with Gasteiger partial charge in [-0.1, -0.05) is 29.4 Å². The average molecular weight is 434 g/mol. The summed E-state index contributed by atoms with van der Waals surface area (Å²) >= 11 is 0. The number of oxime groups is 1. The fourth-order valence-electron chi connectivity index (χ4n) is 3.00. The fraction of sp³-hybridized carbons (Fsp3) is 0.190. The van der Waals surface area contributed by atoms with Crippen molar-refractivity contribution in [3.63, 3.8) is 0 Å². The number of benzene rings is 2. The number of aromatic nitrogens is 2. The number of nitrogens with zero attached hydrogens (tertiary/aromatic N) is 3. The van der Waals surface area contributed by atoms with Gasteiger partial charge in [0.25, 0.3) is 5.91 Å². The molecule has 0 aliphatic carbocycles. The van der Waals surface area contributed by atoms with Crippen molar-refractivity contribution < 1.29 is 27.2 Å². The monoisotopic (exact) mass is 434 g/mol. The van der Waals surface area contributed by atoms with Crippen LogP contribution in [-0.4, -0.2) is 28.5 Å². The molecule has 0 aliphatic heterocycles. The van der Waals surface area contributed by atoms with Crippen LogP contribution >= 0.6 is 0 Å². The van der Waals surface area contributed by atoms with Gasteiger partial charge in [-0.3, -0.25) is 9.48 Å². The molecule has 31 heavy (non-hydrogen) atoms. The molecule has 1 N–H and O–H groups in total. The summed E-state index contributed by atoms with van der Waals surface area (Å²) in [5.74, 6) is -1.57. The molecule has 0 bridgehead atoms. The lowest BCUT2D eigenvalue weighted by Gasteiger charge is -2.13. The summed E-state index contributed by atoms with van der Waals surface area (Å²) in [5.41, 5.74) is 0.458. The normalized spacial score (nSPS) is 12.0. The highest BCUT2D eigenvalue weighted by molar-refractivity contribution is 6.07. The van der Waals surface area contributed by atoms with Gasteiger partial charge in [0.1, 0.15) is 12.9 Å². The molecule has 0 saturated carbocycles. The molecule has 0 atom stereocenters. The number of alkyl halides is 3. The summed E-state index contributed by atoms with van der Waals surface area (Å²) in [6.07, 6.45) is -3.81. The first kappa shape index (κ1) is 22.0. The number of carbonyl (C=O) groups excluding carboxylic acids is 1. The Kier molecular flexibility index (Phi) is 6.09. The molecule has 0 spiro atoms. The molecule has 3 aromatic rings. The van der Waals surface area contributed by atoms with Crippen molar-refractivity contribution in [2.45, 2.75) is 13.1 Å². The molecule has 0 fully saturated rings. The summed E-state index contributed by atoms with van der Waals surface area (Å²) in [6.45, 7) is 1.75. The van der Waals surface area contributed by atoms with E-state index in [0.29, 0.717) is 16.8 Å². The Morgan fingerprint density at radius 2 is 1.84 bits per heavy atom.